The number of aryl methyl sites for hydroxylation is 2. The minimum absolute atomic E-state index is 1.12. The summed E-state index contributed by atoms with van der Waals surface area (Å²) < 4.78 is 1.42. The molecule has 0 saturated carbocycles. The van der Waals surface area contributed by atoms with Crippen molar-refractivity contribution in [2.75, 3.05) is 0 Å². The van der Waals surface area contributed by atoms with Gasteiger partial charge in [-0.25, -0.2) is 5.57 Å². The van der Waals surface area contributed by atoms with Crippen LogP contribution >= 0.6 is 0 Å². The molecule has 0 fully saturated rings. The van der Waals surface area contributed by atoms with Gasteiger partial charge >= 0.3 is 99.2 Å². The summed E-state index contributed by atoms with van der Waals surface area (Å²) in [6.45, 7) is 11.1. The number of fused-ring (bicyclic) bond motifs is 3. The molecule has 0 spiro atoms. The van der Waals surface area contributed by atoms with E-state index in [-0.39, 0.29) is 0 Å². The first-order valence-electron chi connectivity index (χ1n) is 16.0. The van der Waals surface area contributed by atoms with Crippen molar-refractivity contribution < 1.29 is 24.2 Å². The van der Waals surface area contributed by atoms with Crippen LogP contribution in [0.4, 0.5) is 0 Å². The van der Waals surface area contributed by atoms with Gasteiger partial charge in [0.05, 0.1) is 0 Å². The van der Waals surface area contributed by atoms with Gasteiger partial charge in [-0.3, -0.25) is 6.08 Å². The van der Waals surface area contributed by atoms with Gasteiger partial charge in [0.15, 0.2) is 0 Å². The van der Waals surface area contributed by atoms with Gasteiger partial charge in [0.1, 0.15) is 0 Å². The van der Waals surface area contributed by atoms with Gasteiger partial charge in [0, 0.05) is 0 Å². The predicted molar refractivity (Wildman–Crippen MR) is 186 cm³/mol. The predicted octanol–water partition coefficient (Wildman–Crippen LogP) is 11.9. The topological polar surface area (TPSA) is 0 Å². The van der Waals surface area contributed by atoms with Crippen LogP contribution < -0.4 is 0 Å². The Labute approximate surface area is 275 Å². The fraction of sp³-hybridized carbons (Fsp3) is 0.286. The number of hydrogen-bond acceptors (Lipinski definition) is 0. The van der Waals surface area contributed by atoms with Crippen molar-refractivity contribution in [2.45, 2.75) is 79.6 Å². The molecule has 0 aliphatic heterocycles. The Morgan fingerprint density at radius 2 is 1.14 bits per heavy atom. The molecule has 0 atom stereocenters. The van der Waals surface area contributed by atoms with E-state index >= 15 is 0 Å². The minimum atomic E-state index is 1.12. The van der Waals surface area contributed by atoms with Crippen molar-refractivity contribution in [3.8, 4) is 0 Å². The summed E-state index contributed by atoms with van der Waals surface area (Å²) in [4.78, 5) is 0. The molecule has 1 aliphatic carbocycles. The zero-order valence-corrected chi connectivity index (χ0v) is 29.2. The van der Waals surface area contributed by atoms with Crippen LogP contribution in [0.1, 0.15) is 88.0 Å². The van der Waals surface area contributed by atoms with Crippen LogP contribution in [0.15, 0.2) is 120 Å². The monoisotopic (exact) mass is 640 g/mol. The molecule has 1 heteroatoms. The van der Waals surface area contributed by atoms with Gasteiger partial charge in [0.2, 0.25) is 0 Å². The average Bonchev–Trinajstić information content (AvgIpc) is 3.58. The van der Waals surface area contributed by atoms with E-state index in [1.54, 1.807) is 11.1 Å². The van der Waals surface area contributed by atoms with Gasteiger partial charge in [0.25, 0.3) is 0 Å². The van der Waals surface area contributed by atoms with Crippen molar-refractivity contribution in [3.05, 3.63) is 148 Å². The van der Waals surface area contributed by atoms with E-state index in [2.05, 4.69) is 144 Å². The Bertz CT molecular complexity index is 1580. The summed E-state index contributed by atoms with van der Waals surface area (Å²) in [6.07, 6.45) is 12.3. The summed E-state index contributed by atoms with van der Waals surface area (Å²) in [6, 6.07) is 36.7. The second kappa shape index (κ2) is 16.7. The Morgan fingerprint density at radius 1 is 0.651 bits per heavy atom. The van der Waals surface area contributed by atoms with Crippen LogP contribution in [0.3, 0.4) is 0 Å². The molecule has 5 aromatic rings. The SMILES string of the molecule is CCCC1=[C-]CC(CCC)=C1CCC.Cc1ccc2c(c1)[cH-]c1cc(C)ccc12.[Zr+2]=[C](c1ccccc1)c1ccccc1. The van der Waals surface area contributed by atoms with Crippen molar-refractivity contribution in [1.29, 1.82) is 0 Å². The second-order valence-corrected chi connectivity index (χ2v) is 12.8. The molecule has 43 heavy (non-hydrogen) atoms. The summed E-state index contributed by atoms with van der Waals surface area (Å²) in [7, 11) is 0. The van der Waals surface area contributed by atoms with Crippen molar-refractivity contribution >= 4 is 24.8 Å². The zero-order valence-electron chi connectivity index (χ0n) is 26.8. The maximum atomic E-state index is 3.57. The molecule has 0 heterocycles. The molecule has 5 aromatic carbocycles. The first-order valence-corrected chi connectivity index (χ1v) is 17.2. The van der Waals surface area contributed by atoms with Gasteiger partial charge in [-0.2, -0.15) is 11.1 Å². The number of benzene rings is 4. The molecule has 0 nitrogen and oxygen atoms in total. The van der Waals surface area contributed by atoms with Crippen LogP contribution in [0.2, 0.25) is 0 Å². The van der Waals surface area contributed by atoms with E-state index in [1.165, 1.54) is 115 Å². The van der Waals surface area contributed by atoms with E-state index < -0.39 is 0 Å². The first-order chi connectivity index (χ1) is 20.9. The molecule has 0 radical (unpaired) electrons. The molecular formula is C42H46Zr. The molecule has 0 bridgehead atoms. The van der Waals surface area contributed by atoms with E-state index in [4.69, 9.17) is 0 Å². The standard InChI is InChI=1S/C15H13.C14H23.C13H10.Zr/c1-10-3-5-14-12(7-10)9-13-8-11(2)4-6-15(13)14;1-4-7-12-10-11-13(8-5-2)14(12)9-6-3;1-3-7-12(8-4-1)11-13-9-5-2-6-10-13;/h3-9H,1-2H3;4-10H2,1-3H3;1-10H;/q2*-1;;+2. The molecular weight excluding hydrogens is 596 g/mol. The summed E-state index contributed by atoms with van der Waals surface area (Å²) >= 11 is 1.46. The number of allylic oxidation sites excluding steroid dienone is 4. The quantitative estimate of drug-likeness (QED) is 0.148. The normalized spacial score (nSPS) is 12.5. The van der Waals surface area contributed by atoms with Gasteiger partial charge in [-0.05, 0) is 20.3 Å². The molecule has 218 valence electrons. The summed E-state index contributed by atoms with van der Waals surface area (Å²) in [5.41, 5.74) is 10.2. The third kappa shape index (κ3) is 9.00. The summed E-state index contributed by atoms with van der Waals surface area (Å²) in [5, 5.41) is 5.46. The summed E-state index contributed by atoms with van der Waals surface area (Å²) in [5.74, 6) is 0. The van der Waals surface area contributed by atoms with Crippen LogP contribution in [-0.4, -0.2) is 3.21 Å². The Balaban J connectivity index is 0.000000148. The Hall–Kier alpha value is -3.02. The van der Waals surface area contributed by atoms with Crippen LogP contribution in [0.25, 0.3) is 21.5 Å². The van der Waals surface area contributed by atoms with E-state index in [0.717, 1.165) is 6.42 Å². The molecule has 0 amide bonds. The fourth-order valence-corrected chi connectivity index (χ4v) is 6.71. The van der Waals surface area contributed by atoms with E-state index in [0.29, 0.717) is 0 Å². The molecule has 1 aliphatic rings. The zero-order chi connectivity index (χ0) is 30.6. The fourth-order valence-electron chi connectivity index (χ4n) is 5.89. The molecule has 0 unspecified atom stereocenters. The Morgan fingerprint density at radius 3 is 1.60 bits per heavy atom. The molecule has 0 saturated heterocycles. The average molecular weight is 642 g/mol. The van der Waals surface area contributed by atoms with Crippen molar-refractivity contribution in [1.82, 2.24) is 0 Å². The molecule has 0 aromatic heterocycles. The van der Waals surface area contributed by atoms with Gasteiger partial charge in [-0.1, -0.05) is 88.3 Å². The van der Waals surface area contributed by atoms with Crippen LogP contribution in [0, 0.1) is 19.9 Å². The number of hydrogen-bond donors (Lipinski definition) is 0. The van der Waals surface area contributed by atoms with Crippen LogP contribution in [0.5, 0.6) is 0 Å². The maximum absolute atomic E-state index is 3.57. The van der Waals surface area contributed by atoms with Crippen molar-refractivity contribution in [3.63, 3.8) is 0 Å². The Kier molecular flexibility index (Phi) is 12.8. The van der Waals surface area contributed by atoms with E-state index in [1.807, 2.05) is 0 Å². The molecule has 6 rings (SSSR count). The molecule has 0 N–H and O–H groups in total. The third-order valence-corrected chi connectivity index (χ3v) is 9.42. The number of rotatable bonds is 8. The van der Waals surface area contributed by atoms with Gasteiger partial charge < -0.3 is 0 Å². The van der Waals surface area contributed by atoms with E-state index in [9.17, 15) is 0 Å². The second-order valence-electron chi connectivity index (χ2n) is 11.6. The van der Waals surface area contributed by atoms with Gasteiger partial charge in [-0.15, -0.1) is 46.2 Å². The van der Waals surface area contributed by atoms with Crippen molar-refractivity contribution in [2.24, 2.45) is 0 Å². The first kappa shape index (κ1) is 32.9. The van der Waals surface area contributed by atoms with Crippen LogP contribution in [-0.2, 0) is 24.2 Å². The third-order valence-electron chi connectivity index (χ3n) is 8.00.